The van der Waals surface area contributed by atoms with Gasteiger partial charge in [0.25, 0.3) is 5.56 Å². The first kappa shape index (κ1) is 16.3. The molecule has 26 heavy (non-hydrogen) atoms. The molecule has 0 radical (unpaired) electrons. The van der Waals surface area contributed by atoms with Gasteiger partial charge in [0, 0.05) is 6.20 Å². The Hall–Kier alpha value is -3.20. The molecule has 0 aliphatic heterocycles. The molecule has 9 heteroatoms. The Kier molecular flexibility index (Phi) is 4.13. The molecular formula is C17H13N5O3S. The van der Waals surface area contributed by atoms with Crippen molar-refractivity contribution in [2.75, 3.05) is 7.11 Å². The van der Waals surface area contributed by atoms with Crippen molar-refractivity contribution in [3.05, 3.63) is 64.3 Å². The van der Waals surface area contributed by atoms with Gasteiger partial charge in [0.1, 0.15) is 5.82 Å². The van der Waals surface area contributed by atoms with E-state index in [2.05, 4.69) is 20.2 Å². The molecule has 0 saturated carbocycles. The van der Waals surface area contributed by atoms with Crippen LogP contribution in [0.25, 0.3) is 16.6 Å². The van der Waals surface area contributed by atoms with Gasteiger partial charge >= 0.3 is 5.97 Å². The first-order chi connectivity index (χ1) is 12.7. The van der Waals surface area contributed by atoms with Crippen LogP contribution in [0.4, 0.5) is 0 Å². The molecule has 3 heterocycles. The van der Waals surface area contributed by atoms with Gasteiger partial charge < -0.3 is 9.72 Å². The van der Waals surface area contributed by atoms with Crippen LogP contribution in [0.3, 0.4) is 0 Å². The lowest BCUT2D eigenvalue weighted by Crippen LogP contribution is -2.12. The van der Waals surface area contributed by atoms with Gasteiger partial charge in [-0.25, -0.2) is 9.78 Å². The zero-order chi connectivity index (χ0) is 18.1. The SMILES string of the molecule is COC(=O)c1ccc2c(=O)[nH]c(CSc3nnc4ccccn34)nc2c1. The maximum atomic E-state index is 12.3. The number of rotatable bonds is 4. The molecule has 1 aromatic carbocycles. The molecule has 0 spiro atoms. The molecule has 0 atom stereocenters. The number of thioether (sulfide) groups is 1. The van der Waals surface area contributed by atoms with Crippen molar-refractivity contribution in [2.24, 2.45) is 0 Å². The van der Waals surface area contributed by atoms with Gasteiger partial charge in [-0.15, -0.1) is 10.2 Å². The van der Waals surface area contributed by atoms with E-state index in [1.165, 1.54) is 18.9 Å². The molecule has 0 bridgehead atoms. The molecule has 0 unspecified atom stereocenters. The molecule has 0 saturated heterocycles. The van der Waals surface area contributed by atoms with E-state index in [0.717, 1.165) is 5.65 Å². The van der Waals surface area contributed by atoms with Crippen LogP contribution in [-0.4, -0.2) is 37.6 Å². The number of carbonyl (C=O) groups is 1. The van der Waals surface area contributed by atoms with E-state index >= 15 is 0 Å². The minimum Gasteiger partial charge on any atom is -0.465 e. The van der Waals surface area contributed by atoms with Crippen molar-refractivity contribution in [2.45, 2.75) is 10.9 Å². The predicted molar refractivity (Wildman–Crippen MR) is 96.3 cm³/mol. The lowest BCUT2D eigenvalue weighted by molar-refractivity contribution is 0.0601. The predicted octanol–water partition coefficient (Wildman–Crippen LogP) is 2.04. The number of hydrogen-bond acceptors (Lipinski definition) is 7. The number of fused-ring (bicyclic) bond motifs is 2. The van der Waals surface area contributed by atoms with Crippen LogP contribution < -0.4 is 5.56 Å². The monoisotopic (exact) mass is 367 g/mol. The number of aromatic nitrogens is 5. The number of esters is 1. The summed E-state index contributed by atoms with van der Waals surface area (Å²) in [4.78, 5) is 31.2. The number of nitrogens with one attached hydrogen (secondary N) is 1. The number of carbonyl (C=O) groups excluding carboxylic acids is 1. The molecule has 0 aliphatic rings. The van der Waals surface area contributed by atoms with Crippen LogP contribution >= 0.6 is 11.8 Å². The standard InChI is InChI=1S/C17H13N5O3S/c1-25-16(24)10-5-6-11-12(8-10)18-13(19-15(11)23)9-26-17-21-20-14-4-2-3-7-22(14)17/h2-8H,9H2,1H3,(H,18,19,23). The van der Waals surface area contributed by atoms with E-state index in [-0.39, 0.29) is 5.56 Å². The van der Waals surface area contributed by atoms with Crippen LogP contribution in [0, 0.1) is 0 Å². The summed E-state index contributed by atoms with van der Waals surface area (Å²) in [6, 6.07) is 10.3. The largest absolute Gasteiger partial charge is 0.465 e. The first-order valence-electron chi connectivity index (χ1n) is 7.69. The summed E-state index contributed by atoms with van der Waals surface area (Å²) in [5.41, 5.74) is 1.28. The minimum absolute atomic E-state index is 0.256. The number of benzene rings is 1. The zero-order valence-corrected chi connectivity index (χ0v) is 14.5. The highest BCUT2D eigenvalue weighted by molar-refractivity contribution is 7.98. The molecule has 4 rings (SSSR count). The van der Waals surface area contributed by atoms with Gasteiger partial charge in [0.05, 0.1) is 29.3 Å². The Labute approximate surface area is 151 Å². The van der Waals surface area contributed by atoms with Crippen LogP contribution in [0.5, 0.6) is 0 Å². The van der Waals surface area contributed by atoms with Gasteiger partial charge in [-0.1, -0.05) is 17.8 Å². The summed E-state index contributed by atoms with van der Waals surface area (Å²) in [7, 11) is 1.31. The average molecular weight is 367 g/mol. The van der Waals surface area contributed by atoms with Gasteiger partial charge in [-0.05, 0) is 30.3 Å². The van der Waals surface area contributed by atoms with E-state index < -0.39 is 5.97 Å². The van der Waals surface area contributed by atoms with Crippen molar-refractivity contribution >= 4 is 34.3 Å². The second kappa shape index (κ2) is 6.60. The zero-order valence-electron chi connectivity index (χ0n) is 13.7. The third kappa shape index (κ3) is 2.93. The Morgan fingerprint density at radius 3 is 3.00 bits per heavy atom. The fraction of sp³-hybridized carbons (Fsp3) is 0.118. The quantitative estimate of drug-likeness (QED) is 0.435. The van der Waals surface area contributed by atoms with Gasteiger partial charge in [0.2, 0.25) is 0 Å². The van der Waals surface area contributed by atoms with Crippen LogP contribution in [-0.2, 0) is 10.5 Å². The molecule has 0 amide bonds. The highest BCUT2D eigenvalue weighted by Gasteiger charge is 2.11. The normalized spacial score (nSPS) is 11.1. The Morgan fingerprint density at radius 2 is 2.15 bits per heavy atom. The van der Waals surface area contributed by atoms with Crippen molar-refractivity contribution in [3.63, 3.8) is 0 Å². The first-order valence-corrected chi connectivity index (χ1v) is 8.68. The number of nitrogens with zero attached hydrogens (tertiary/aromatic N) is 4. The third-order valence-corrected chi connectivity index (χ3v) is 4.75. The highest BCUT2D eigenvalue weighted by atomic mass is 32.2. The van der Waals surface area contributed by atoms with Crippen molar-refractivity contribution in [1.29, 1.82) is 0 Å². The average Bonchev–Trinajstić information content (AvgIpc) is 3.08. The smallest absolute Gasteiger partial charge is 0.337 e. The number of aromatic amines is 1. The minimum atomic E-state index is -0.472. The molecular weight excluding hydrogens is 354 g/mol. The summed E-state index contributed by atoms with van der Waals surface area (Å²) >= 11 is 1.41. The highest BCUT2D eigenvalue weighted by Crippen LogP contribution is 2.20. The molecule has 4 aromatic rings. The summed E-state index contributed by atoms with van der Waals surface area (Å²) in [6.45, 7) is 0. The Morgan fingerprint density at radius 1 is 1.27 bits per heavy atom. The topological polar surface area (TPSA) is 102 Å². The van der Waals surface area contributed by atoms with E-state index in [1.807, 2.05) is 28.8 Å². The third-order valence-electron chi connectivity index (χ3n) is 3.80. The Bertz CT molecular complexity index is 1180. The lowest BCUT2D eigenvalue weighted by Gasteiger charge is -2.04. The van der Waals surface area contributed by atoms with E-state index in [9.17, 15) is 9.59 Å². The van der Waals surface area contributed by atoms with Gasteiger partial charge in [-0.2, -0.15) is 0 Å². The summed E-state index contributed by atoms with van der Waals surface area (Å²) in [5.74, 6) is 0.422. The molecule has 8 nitrogen and oxygen atoms in total. The van der Waals surface area contributed by atoms with Crippen LogP contribution in [0.1, 0.15) is 16.2 Å². The van der Waals surface area contributed by atoms with Gasteiger partial charge in [0.15, 0.2) is 10.8 Å². The molecule has 0 aliphatic carbocycles. The molecule has 3 aromatic heterocycles. The number of pyridine rings is 1. The fourth-order valence-corrected chi connectivity index (χ4v) is 3.35. The maximum absolute atomic E-state index is 12.3. The van der Waals surface area contributed by atoms with Crippen LogP contribution in [0.15, 0.2) is 52.5 Å². The van der Waals surface area contributed by atoms with E-state index in [4.69, 9.17) is 4.74 Å². The summed E-state index contributed by atoms with van der Waals surface area (Å²) in [6.07, 6.45) is 1.87. The van der Waals surface area contributed by atoms with E-state index in [1.54, 1.807) is 18.2 Å². The number of H-pyrrole nitrogens is 1. The second-order valence-electron chi connectivity index (χ2n) is 5.44. The van der Waals surface area contributed by atoms with Crippen molar-refractivity contribution in [1.82, 2.24) is 24.6 Å². The summed E-state index contributed by atoms with van der Waals surface area (Å²) < 4.78 is 6.57. The van der Waals surface area contributed by atoms with Crippen molar-refractivity contribution < 1.29 is 9.53 Å². The van der Waals surface area contributed by atoms with E-state index in [0.29, 0.717) is 33.2 Å². The van der Waals surface area contributed by atoms with Gasteiger partial charge in [-0.3, -0.25) is 9.20 Å². The van der Waals surface area contributed by atoms with Crippen molar-refractivity contribution in [3.8, 4) is 0 Å². The fourth-order valence-electron chi connectivity index (χ4n) is 2.55. The van der Waals surface area contributed by atoms with Crippen LogP contribution in [0.2, 0.25) is 0 Å². The molecule has 130 valence electrons. The molecule has 0 fully saturated rings. The lowest BCUT2D eigenvalue weighted by atomic mass is 10.1. The molecule has 1 N–H and O–H groups in total. The maximum Gasteiger partial charge on any atom is 0.337 e. The Balaban J connectivity index is 1.65. The second-order valence-corrected chi connectivity index (χ2v) is 6.38. The number of hydrogen-bond donors (Lipinski definition) is 1. The number of ether oxygens (including phenoxy) is 1. The number of methoxy groups -OCH3 is 1. The summed E-state index contributed by atoms with van der Waals surface area (Å²) in [5, 5.41) is 9.34.